The fourth-order valence-corrected chi connectivity index (χ4v) is 4.67. The van der Waals surface area contributed by atoms with Gasteiger partial charge in [-0.25, -0.2) is 9.79 Å². The van der Waals surface area contributed by atoms with Crippen molar-refractivity contribution in [3.63, 3.8) is 0 Å². The summed E-state index contributed by atoms with van der Waals surface area (Å²) in [5.74, 6) is 0.183. The average molecular weight is 429 g/mol. The molecule has 1 aromatic rings. The number of hydrogen-bond acceptors (Lipinski definition) is 9. The van der Waals surface area contributed by atoms with Gasteiger partial charge in [-0.1, -0.05) is 13.3 Å². The van der Waals surface area contributed by atoms with Crippen LogP contribution < -0.4 is 21.3 Å². The van der Waals surface area contributed by atoms with Gasteiger partial charge < -0.3 is 25.8 Å². The van der Waals surface area contributed by atoms with Gasteiger partial charge in [-0.05, 0) is 50.3 Å². The molecule has 1 saturated heterocycles. The first kappa shape index (κ1) is 21.4. The molecule has 0 amide bonds. The maximum atomic E-state index is 13.0. The molecule has 31 heavy (non-hydrogen) atoms. The molecule has 9 heteroatoms. The summed E-state index contributed by atoms with van der Waals surface area (Å²) in [5.41, 5.74) is 13.9. The van der Waals surface area contributed by atoms with Gasteiger partial charge in [0.25, 0.3) is 0 Å². The molecule has 4 rings (SSSR count). The number of guanidine groups is 2. The number of nitrogens with two attached hydrogens (primary N) is 2. The lowest BCUT2D eigenvalue weighted by Crippen LogP contribution is -2.58. The fourth-order valence-electron chi connectivity index (χ4n) is 4.67. The number of benzene rings is 1. The van der Waals surface area contributed by atoms with Crippen LogP contribution in [-0.4, -0.2) is 56.5 Å². The third-order valence-electron chi connectivity index (χ3n) is 6.10. The Morgan fingerprint density at radius 3 is 2.65 bits per heavy atom. The minimum atomic E-state index is -0.556. The van der Waals surface area contributed by atoms with Gasteiger partial charge in [-0.3, -0.25) is 4.90 Å². The van der Waals surface area contributed by atoms with Gasteiger partial charge in [0, 0.05) is 18.8 Å². The Morgan fingerprint density at radius 1 is 1.19 bits per heavy atom. The molecule has 1 spiro atoms. The maximum absolute atomic E-state index is 13.0. The number of hydrogen-bond donors (Lipinski definition) is 2. The highest BCUT2D eigenvalue weighted by atomic mass is 16.5. The topological polar surface area (TPSA) is 119 Å². The van der Waals surface area contributed by atoms with Crippen LogP contribution in [0.15, 0.2) is 28.2 Å². The van der Waals surface area contributed by atoms with Gasteiger partial charge in [-0.15, -0.1) is 0 Å². The van der Waals surface area contributed by atoms with E-state index in [1.54, 1.807) is 0 Å². The third-order valence-corrected chi connectivity index (χ3v) is 6.10. The van der Waals surface area contributed by atoms with Crippen molar-refractivity contribution in [3.05, 3.63) is 23.8 Å². The Hall–Kier alpha value is -2.81. The van der Waals surface area contributed by atoms with E-state index in [-0.39, 0.29) is 11.9 Å². The minimum Gasteiger partial charge on any atom is -0.462 e. The molecule has 1 saturated carbocycles. The maximum Gasteiger partial charge on any atom is 0.340 e. The summed E-state index contributed by atoms with van der Waals surface area (Å²) in [6, 6.07) is 5.81. The van der Waals surface area contributed by atoms with Crippen LogP contribution in [-0.2, 0) is 9.47 Å². The van der Waals surface area contributed by atoms with Crippen molar-refractivity contribution in [1.29, 1.82) is 0 Å². The lowest BCUT2D eigenvalue weighted by atomic mass is 9.87. The zero-order valence-electron chi connectivity index (χ0n) is 18.2. The van der Waals surface area contributed by atoms with Crippen molar-refractivity contribution in [2.24, 2.45) is 21.5 Å². The second kappa shape index (κ2) is 9.13. The van der Waals surface area contributed by atoms with Crippen LogP contribution in [0.4, 0.5) is 11.4 Å². The number of morpholine rings is 1. The zero-order valence-corrected chi connectivity index (χ0v) is 18.2. The average Bonchev–Trinajstić information content (AvgIpc) is 2.78. The molecule has 2 fully saturated rings. The molecule has 0 bridgehead atoms. The van der Waals surface area contributed by atoms with Crippen LogP contribution in [0.25, 0.3) is 0 Å². The Labute approximate surface area is 183 Å². The number of esters is 1. The SMILES string of the molecule is CCCOC(=O)c1cc(N2C(N)=NC(N)=NC23CCCCC3)ccc1N1CCOCC1. The summed E-state index contributed by atoms with van der Waals surface area (Å²) in [5, 5.41) is 0. The summed E-state index contributed by atoms with van der Waals surface area (Å²) in [6.07, 6.45) is 5.68. The molecule has 1 aromatic carbocycles. The smallest absolute Gasteiger partial charge is 0.340 e. The van der Waals surface area contributed by atoms with E-state index < -0.39 is 5.66 Å². The van der Waals surface area contributed by atoms with E-state index in [2.05, 4.69) is 9.89 Å². The molecule has 0 unspecified atom stereocenters. The number of carbonyl (C=O) groups is 1. The molecule has 9 nitrogen and oxygen atoms in total. The highest BCUT2D eigenvalue weighted by molar-refractivity contribution is 6.06. The van der Waals surface area contributed by atoms with E-state index in [1.807, 2.05) is 30.0 Å². The highest BCUT2D eigenvalue weighted by Crippen LogP contribution is 2.40. The summed E-state index contributed by atoms with van der Waals surface area (Å²) in [6.45, 7) is 5.08. The number of carbonyl (C=O) groups excluding carboxylic acids is 1. The van der Waals surface area contributed by atoms with E-state index in [4.69, 9.17) is 25.9 Å². The summed E-state index contributed by atoms with van der Waals surface area (Å²) >= 11 is 0. The summed E-state index contributed by atoms with van der Waals surface area (Å²) in [4.78, 5) is 26.1. The number of nitrogens with zero attached hydrogens (tertiary/aromatic N) is 4. The molecular weight excluding hydrogens is 396 g/mol. The van der Waals surface area contributed by atoms with Crippen molar-refractivity contribution in [2.45, 2.75) is 51.1 Å². The molecule has 0 aromatic heterocycles. The van der Waals surface area contributed by atoms with E-state index in [0.717, 1.165) is 63.0 Å². The van der Waals surface area contributed by atoms with Gasteiger partial charge in [0.05, 0.1) is 31.1 Å². The van der Waals surface area contributed by atoms with Crippen molar-refractivity contribution < 1.29 is 14.3 Å². The number of aliphatic imine (C=N–C) groups is 2. The predicted octanol–water partition coefficient (Wildman–Crippen LogP) is 2.20. The van der Waals surface area contributed by atoms with E-state index >= 15 is 0 Å². The molecule has 168 valence electrons. The molecular formula is C22H32N6O3. The van der Waals surface area contributed by atoms with E-state index in [9.17, 15) is 4.79 Å². The third kappa shape index (κ3) is 4.32. The molecule has 0 radical (unpaired) electrons. The number of anilines is 2. The Bertz CT molecular complexity index is 872. The number of ether oxygens (including phenoxy) is 2. The van der Waals surface area contributed by atoms with Crippen LogP contribution in [0.3, 0.4) is 0 Å². The van der Waals surface area contributed by atoms with Crippen molar-refractivity contribution in [1.82, 2.24) is 0 Å². The second-order valence-corrected chi connectivity index (χ2v) is 8.26. The molecule has 2 heterocycles. The first-order valence-corrected chi connectivity index (χ1v) is 11.2. The number of rotatable bonds is 5. The molecule has 1 aliphatic carbocycles. The lowest BCUT2D eigenvalue weighted by molar-refractivity contribution is 0.0505. The minimum absolute atomic E-state index is 0.211. The molecule has 0 atom stereocenters. The molecule has 2 aliphatic heterocycles. The van der Waals surface area contributed by atoms with Crippen molar-refractivity contribution in [2.75, 3.05) is 42.7 Å². The van der Waals surface area contributed by atoms with Gasteiger partial charge in [0.2, 0.25) is 11.9 Å². The van der Waals surface area contributed by atoms with E-state index in [1.165, 1.54) is 0 Å². The normalized spacial score (nSPS) is 20.9. The fraction of sp³-hybridized carbons (Fsp3) is 0.591. The summed E-state index contributed by atoms with van der Waals surface area (Å²) < 4.78 is 11.0. The van der Waals surface area contributed by atoms with Gasteiger partial charge in [0.15, 0.2) is 0 Å². The Balaban J connectivity index is 1.75. The zero-order chi connectivity index (χ0) is 21.8. The standard InChI is InChI=1S/C22H32N6O3/c1-2-12-31-19(29)17-15-16(6-7-18(17)27-10-13-30-14-11-27)28-21(24)25-20(23)26-22(28)8-4-3-5-9-22/h6-7,15H,2-5,8-14H2,1H3,(H4,23,24,25,26). The van der Waals surface area contributed by atoms with Crippen LogP contribution >= 0.6 is 0 Å². The van der Waals surface area contributed by atoms with Crippen molar-refractivity contribution in [3.8, 4) is 0 Å². The van der Waals surface area contributed by atoms with E-state index in [0.29, 0.717) is 31.3 Å². The Kier molecular flexibility index (Phi) is 6.31. The lowest BCUT2D eigenvalue weighted by Gasteiger charge is -2.45. The summed E-state index contributed by atoms with van der Waals surface area (Å²) in [7, 11) is 0. The van der Waals surface area contributed by atoms with Gasteiger partial charge in [0.1, 0.15) is 5.66 Å². The largest absolute Gasteiger partial charge is 0.462 e. The van der Waals surface area contributed by atoms with Crippen LogP contribution in [0, 0.1) is 0 Å². The Morgan fingerprint density at radius 2 is 1.94 bits per heavy atom. The van der Waals surface area contributed by atoms with Gasteiger partial charge in [-0.2, -0.15) is 4.99 Å². The monoisotopic (exact) mass is 428 g/mol. The molecule has 3 aliphatic rings. The first-order valence-electron chi connectivity index (χ1n) is 11.2. The quantitative estimate of drug-likeness (QED) is 0.690. The highest BCUT2D eigenvalue weighted by Gasteiger charge is 2.43. The van der Waals surface area contributed by atoms with Crippen LogP contribution in [0.2, 0.25) is 0 Å². The van der Waals surface area contributed by atoms with Crippen LogP contribution in [0.1, 0.15) is 55.8 Å². The predicted molar refractivity (Wildman–Crippen MR) is 122 cm³/mol. The van der Waals surface area contributed by atoms with Crippen molar-refractivity contribution >= 4 is 29.3 Å². The first-order chi connectivity index (χ1) is 15.0. The van der Waals surface area contributed by atoms with Crippen LogP contribution in [0.5, 0.6) is 0 Å². The molecule has 4 N–H and O–H groups in total. The second-order valence-electron chi connectivity index (χ2n) is 8.26. The van der Waals surface area contributed by atoms with Gasteiger partial charge >= 0.3 is 5.97 Å².